The number of rotatable bonds is 6. The monoisotopic (exact) mass is 377 g/mol. The van der Waals surface area contributed by atoms with Gasteiger partial charge in [0.1, 0.15) is 5.75 Å². The van der Waals surface area contributed by atoms with E-state index in [1.54, 1.807) is 24.1 Å². The number of halogens is 1. The third-order valence-electron chi connectivity index (χ3n) is 4.62. The van der Waals surface area contributed by atoms with Crippen LogP contribution < -0.4 is 4.74 Å². The molecule has 3 rings (SSSR count). The average Bonchev–Trinajstić information content (AvgIpc) is 3.03. The first-order valence-corrected chi connectivity index (χ1v) is 8.71. The fourth-order valence-electron chi connectivity index (χ4n) is 3.33. The maximum absolute atomic E-state index is 12.6. The third-order valence-corrected chi connectivity index (χ3v) is 4.95. The van der Waals surface area contributed by atoms with Crippen molar-refractivity contribution < 1.29 is 24.2 Å². The Hall–Kier alpha value is -2.31. The van der Waals surface area contributed by atoms with Gasteiger partial charge in [-0.25, -0.2) is 0 Å². The summed E-state index contributed by atoms with van der Waals surface area (Å²) in [5, 5.41) is 11.4. The van der Waals surface area contributed by atoms with Crippen molar-refractivity contribution >= 4 is 34.2 Å². The van der Waals surface area contributed by atoms with Gasteiger partial charge in [-0.15, -0.1) is 0 Å². The van der Waals surface area contributed by atoms with Crippen LogP contribution >= 0.6 is 11.6 Å². The first kappa shape index (κ1) is 18.5. The molecule has 0 saturated carbocycles. The van der Waals surface area contributed by atoms with Crippen molar-refractivity contribution in [3.8, 4) is 5.75 Å². The number of benzene rings is 2. The number of likely N-dealkylation sites (tertiary alicyclic amines) is 1. The highest BCUT2D eigenvalue weighted by atomic mass is 35.5. The van der Waals surface area contributed by atoms with Crippen LogP contribution in [0.5, 0.6) is 5.75 Å². The number of amides is 1. The van der Waals surface area contributed by atoms with E-state index >= 15 is 0 Å². The van der Waals surface area contributed by atoms with Crippen LogP contribution in [-0.2, 0) is 14.3 Å². The highest BCUT2D eigenvalue weighted by Crippen LogP contribution is 2.31. The van der Waals surface area contributed by atoms with Gasteiger partial charge in [-0.1, -0.05) is 35.9 Å². The molecule has 26 heavy (non-hydrogen) atoms. The molecule has 6 nitrogen and oxygen atoms in total. The molecule has 2 aromatic carbocycles. The number of carbonyl (C=O) groups is 2. The molecule has 2 unspecified atom stereocenters. The fourth-order valence-corrected chi connectivity index (χ4v) is 3.56. The zero-order valence-corrected chi connectivity index (χ0v) is 15.1. The number of hydrogen-bond donors (Lipinski definition) is 1. The van der Waals surface area contributed by atoms with Crippen molar-refractivity contribution in [3.63, 3.8) is 0 Å². The molecule has 2 atom stereocenters. The minimum absolute atomic E-state index is 0.102. The number of carboxylic acid groups (broad SMARTS) is 1. The molecule has 0 radical (unpaired) electrons. The summed E-state index contributed by atoms with van der Waals surface area (Å²) >= 11 is 6.19. The predicted molar refractivity (Wildman–Crippen MR) is 97.6 cm³/mol. The van der Waals surface area contributed by atoms with Crippen molar-refractivity contribution in [3.05, 3.63) is 41.4 Å². The molecule has 1 amide bonds. The summed E-state index contributed by atoms with van der Waals surface area (Å²) in [7, 11) is 1.56. The Bertz CT molecular complexity index is 825. The smallest absolute Gasteiger partial charge is 0.305 e. The van der Waals surface area contributed by atoms with E-state index in [2.05, 4.69) is 0 Å². The van der Waals surface area contributed by atoms with Crippen LogP contribution in [0.2, 0.25) is 5.02 Å². The molecule has 1 saturated heterocycles. The number of carbonyl (C=O) groups excluding carboxylic acids is 1. The molecule has 1 heterocycles. The summed E-state index contributed by atoms with van der Waals surface area (Å²) in [5.41, 5.74) is 0. The average molecular weight is 378 g/mol. The summed E-state index contributed by atoms with van der Waals surface area (Å²) < 4.78 is 11.0. The zero-order chi connectivity index (χ0) is 18.7. The largest absolute Gasteiger partial charge is 0.483 e. The van der Waals surface area contributed by atoms with Gasteiger partial charge in [0.2, 0.25) is 0 Å². The number of nitrogens with zero attached hydrogens (tertiary/aromatic N) is 1. The second kappa shape index (κ2) is 7.93. The van der Waals surface area contributed by atoms with Crippen LogP contribution in [0.1, 0.15) is 12.8 Å². The number of hydrogen-bond acceptors (Lipinski definition) is 4. The third kappa shape index (κ3) is 3.92. The summed E-state index contributed by atoms with van der Waals surface area (Å²) in [6, 6.07) is 10.6. The second-order valence-corrected chi connectivity index (χ2v) is 6.68. The Kier molecular flexibility index (Phi) is 5.64. The molecule has 138 valence electrons. The fraction of sp³-hybridized carbons (Fsp3) is 0.368. The van der Waals surface area contributed by atoms with E-state index in [0.29, 0.717) is 23.7 Å². The Morgan fingerprint density at radius 3 is 2.65 bits per heavy atom. The number of methoxy groups -OCH3 is 1. The molecule has 0 bridgehead atoms. The Labute approximate surface area is 156 Å². The van der Waals surface area contributed by atoms with E-state index in [0.717, 1.165) is 10.8 Å². The lowest BCUT2D eigenvalue weighted by Crippen LogP contribution is -2.40. The van der Waals surface area contributed by atoms with Gasteiger partial charge in [0.05, 0.1) is 12.5 Å². The quantitative estimate of drug-likeness (QED) is 0.837. The van der Waals surface area contributed by atoms with Gasteiger partial charge in [-0.3, -0.25) is 9.59 Å². The topological polar surface area (TPSA) is 76.1 Å². The van der Waals surface area contributed by atoms with Crippen molar-refractivity contribution in [2.24, 2.45) is 0 Å². The van der Waals surface area contributed by atoms with Crippen LogP contribution in [0, 0.1) is 0 Å². The van der Waals surface area contributed by atoms with Crippen LogP contribution in [-0.4, -0.2) is 54.3 Å². The maximum Gasteiger partial charge on any atom is 0.305 e. The Morgan fingerprint density at radius 1 is 1.23 bits per heavy atom. The van der Waals surface area contributed by atoms with Crippen molar-refractivity contribution in [1.82, 2.24) is 4.90 Å². The van der Waals surface area contributed by atoms with Crippen molar-refractivity contribution in [2.45, 2.75) is 25.0 Å². The van der Waals surface area contributed by atoms with E-state index in [1.807, 2.05) is 24.3 Å². The lowest BCUT2D eigenvalue weighted by molar-refractivity contribution is -0.140. The van der Waals surface area contributed by atoms with Crippen LogP contribution in [0.4, 0.5) is 0 Å². The van der Waals surface area contributed by atoms with Gasteiger partial charge in [-0.05, 0) is 18.6 Å². The molecule has 0 aliphatic carbocycles. The number of aliphatic carboxylic acids is 1. The van der Waals surface area contributed by atoms with Crippen molar-refractivity contribution in [1.29, 1.82) is 0 Å². The van der Waals surface area contributed by atoms with Crippen LogP contribution in [0.15, 0.2) is 36.4 Å². The normalized spacial score (nSPS) is 19.7. The van der Waals surface area contributed by atoms with E-state index in [9.17, 15) is 9.59 Å². The zero-order valence-electron chi connectivity index (χ0n) is 14.4. The molecule has 0 spiro atoms. The van der Waals surface area contributed by atoms with Gasteiger partial charge >= 0.3 is 5.97 Å². The Balaban J connectivity index is 1.72. The van der Waals surface area contributed by atoms with Crippen LogP contribution in [0.25, 0.3) is 10.8 Å². The molecule has 1 fully saturated rings. The highest BCUT2D eigenvalue weighted by molar-refractivity contribution is 6.35. The summed E-state index contributed by atoms with van der Waals surface area (Å²) in [6.45, 7) is 0.205. The number of fused-ring (bicyclic) bond motifs is 1. The minimum Gasteiger partial charge on any atom is -0.483 e. The lowest BCUT2D eigenvalue weighted by Gasteiger charge is -2.23. The SMILES string of the molecule is COC1CC(CC(=O)O)N(C(=O)COc2ccc(Cl)c3ccccc23)C1. The first-order chi connectivity index (χ1) is 12.5. The molecule has 7 heteroatoms. The van der Waals surface area contributed by atoms with Crippen LogP contribution in [0.3, 0.4) is 0 Å². The Morgan fingerprint density at radius 2 is 1.96 bits per heavy atom. The van der Waals surface area contributed by atoms with Crippen molar-refractivity contribution in [2.75, 3.05) is 20.3 Å². The highest BCUT2D eigenvalue weighted by Gasteiger charge is 2.36. The van der Waals surface area contributed by atoms with Gasteiger partial charge in [-0.2, -0.15) is 0 Å². The lowest BCUT2D eigenvalue weighted by atomic mass is 10.1. The second-order valence-electron chi connectivity index (χ2n) is 6.27. The van der Waals surface area contributed by atoms with Gasteiger partial charge in [0.25, 0.3) is 5.91 Å². The van der Waals surface area contributed by atoms with Gasteiger partial charge in [0, 0.05) is 35.5 Å². The van der Waals surface area contributed by atoms with E-state index in [-0.39, 0.29) is 31.1 Å². The standard InChI is InChI=1S/C19H20ClNO5/c1-25-13-8-12(9-19(23)24)21(10-13)18(22)11-26-17-7-6-16(20)14-4-2-3-5-15(14)17/h2-7,12-13H,8-11H2,1H3,(H,23,24). The van der Waals surface area contributed by atoms with Gasteiger partial charge < -0.3 is 19.5 Å². The molecule has 1 N–H and O–H groups in total. The molecular weight excluding hydrogens is 358 g/mol. The van der Waals surface area contributed by atoms with Gasteiger partial charge in [0.15, 0.2) is 6.61 Å². The molecular formula is C19H20ClNO5. The maximum atomic E-state index is 12.6. The molecule has 2 aromatic rings. The van der Waals surface area contributed by atoms with E-state index in [1.165, 1.54) is 0 Å². The molecule has 1 aliphatic rings. The van der Waals surface area contributed by atoms with E-state index in [4.69, 9.17) is 26.2 Å². The first-order valence-electron chi connectivity index (χ1n) is 8.33. The van der Waals surface area contributed by atoms with E-state index < -0.39 is 5.97 Å². The minimum atomic E-state index is -0.936. The molecule has 1 aliphatic heterocycles. The summed E-state index contributed by atoms with van der Waals surface area (Å²) in [6.07, 6.45) is 0.258. The molecule has 0 aromatic heterocycles. The number of ether oxygens (including phenoxy) is 2. The number of carboxylic acids is 1. The predicted octanol–water partition coefficient (Wildman–Crippen LogP) is 2.96. The summed E-state index contributed by atoms with van der Waals surface area (Å²) in [5.74, 6) is -0.625. The summed E-state index contributed by atoms with van der Waals surface area (Å²) in [4.78, 5) is 25.2.